The van der Waals surface area contributed by atoms with Crippen LogP contribution in [0.2, 0.25) is 0 Å². The Morgan fingerprint density at radius 2 is 2.06 bits per heavy atom. The highest BCUT2D eigenvalue weighted by Gasteiger charge is 2.50. The molecule has 2 N–H and O–H groups in total. The molecule has 3 nitrogen and oxygen atoms in total. The van der Waals surface area contributed by atoms with E-state index in [0.29, 0.717) is 24.5 Å². The summed E-state index contributed by atoms with van der Waals surface area (Å²) < 4.78 is 0. The van der Waals surface area contributed by atoms with Crippen LogP contribution in [0.1, 0.15) is 51.4 Å². The zero-order valence-corrected chi connectivity index (χ0v) is 9.82. The van der Waals surface area contributed by atoms with Crippen molar-refractivity contribution in [3.05, 3.63) is 0 Å². The van der Waals surface area contributed by atoms with Crippen molar-refractivity contribution in [3.63, 3.8) is 0 Å². The standard InChI is InChI=1S/C13H22O3/c14-7-3-1-2-5-13(16)6-4-10-8-11(15)9-12(10)13/h10,12,14,16H,1-9H2. The van der Waals surface area contributed by atoms with Crippen LogP contribution in [0.3, 0.4) is 0 Å². The van der Waals surface area contributed by atoms with Gasteiger partial charge in [-0.2, -0.15) is 0 Å². The van der Waals surface area contributed by atoms with Gasteiger partial charge in [0.2, 0.25) is 0 Å². The summed E-state index contributed by atoms with van der Waals surface area (Å²) in [5.74, 6) is 1.02. The number of hydrogen-bond donors (Lipinski definition) is 2. The van der Waals surface area contributed by atoms with Crippen LogP contribution in [-0.2, 0) is 4.79 Å². The number of carbonyl (C=O) groups is 1. The van der Waals surface area contributed by atoms with E-state index in [-0.39, 0.29) is 12.5 Å². The quantitative estimate of drug-likeness (QED) is 0.701. The van der Waals surface area contributed by atoms with Crippen molar-refractivity contribution in [1.29, 1.82) is 0 Å². The number of rotatable bonds is 5. The van der Waals surface area contributed by atoms with Gasteiger partial charge in [-0.3, -0.25) is 4.79 Å². The molecule has 2 aliphatic rings. The molecule has 0 aliphatic heterocycles. The molecular formula is C13H22O3. The molecule has 0 saturated heterocycles. The highest BCUT2D eigenvalue weighted by Crippen LogP contribution is 2.50. The van der Waals surface area contributed by atoms with Crippen LogP contribution in [0.5, 0.6) is 0 Å². The molecule has 16 heavy (non-hydrogen) atoms. The summed E-state index contributed by atoms with van der Waals surface area (Å²) in [4.78, 5) is 11.4. The average molecular weight is 226 g/mol. The number of aliphatic hydroxyl groups excluding tert-OH is 1. The Labute approximate surface area is 96.9 Å². The molecule has 92 valence electrons. The summed E-state index contributed by atoms with van der Waals surface area (Å²) in [5, 5.41) is 19.3. The molecule has 2 saturated carbocycles. The molecule has 2 aliphatic carbocycles. The van der Waals surface area contributed by atoms with Crippen molar-refractivity contribution in [2.24, 2.45) is 11.8 Å². The SMILES string of the molecule is O=C1CC2CCC(O)(CCCCCO)C2C1. The number of unbranched alkanes of at least 4 members (excludes halogenated alkanes) is 2. The van der Waals surface area contributed by atoms with Crippen molar-refractivity contribution in [2.75, 3.05) is 6.61 Å². The number of ketones is 1. The maximum Gasteiger partial charge on any atom is 0.133 e. The first-order valence-corrected chi connectivity index (χ1v) is 6.50. The Morgan fingerprint density at radius 1 is 1.25 bits per heavy atom. The lowest BCUT2D eigenvalue weighted by Gasteiger charge is -2.29. The van der Waals surface area contributed by atoms with Gasteiger partial charge in [0.15, 0.2) is 0 Å². The molecule has 0 aromatic rings. The molecule has 0 spiro atoms. The Hall–Kier alpha value is -0.410. The highest BCUT2D eigenvalue weighted by atomic mass is 16.3. The largest absolute Gasteiger partial charge is 0.396 e. The van der Waals surface area contributed by atoms with Gasteiger partial charge in [0.1, 0.15) is 5.78 Å². The van der Waals surface area contributed by atoms with Crippen LogP contribution in [0.4, 0.5) is 0 Å². The van der Waals surface area contributed by atoms with E-state index in [1.165, 1.54) is 0 Å². The summed E-state index contributed by atoms with van der Waals surface area (Å²) >= 11 is 0. The van der Waals surface area contributed by atoms with Gasteiger partial charge < -0.3 is 10.2 Å². The van der Waals surface area contributed by atoms with E-state index >= 15 is 0 Å². The lowest BCUT2D eigenvalue weighted by Crippen LogP contribution is -2.33. The molecule has 3 heteroatoms. The Bertz CT molecular complexity index is 264. The lowest BCUT2D eigenvalue weighted by molar-refractivity contribution is -0.118. The van der Waals surface area contributed by atoms with E-state index in [1.807, 2.05) is 0 Å². The lowest BCUT2D eigenvalue weighted by atomic mass is 9.83. The molecule has 0 amide bonds. The summed E-state index contributed by atoms with van der Waals surface area (Å²) in [6, 6.07) is 0. The predicted octanol–water partition coefficient (Wildman–Crippen LogP) is 1.66. The average Bonchev–Trinajstić information content (AvgIpc) is 2.75. The van der Waals surface area contributed by atoms with Crippen molar-refractivity contribution in [3.8, 4) is 0 Å². The van der Waals surface area contributed by atoms with E-state index in [1.54, 1.807) is 0 Å². The number of carbonyl (C=O) groups excluding carboxylic acids is 1. The van der Waals surface area contributed by atoms with Crippen molar-refractivity contribution < 1.29 is 15.0 Å². The van der Waals surface area contributed by atoms with Crippen LogP contribution >= 0.6 is 0 Å². The second kappa shape index (κ2) is 4.84. The van der Waals surface area contributed by atoms with Gasteiger partial charge in [-0.05, 0) is 37.5 Å². The van der Waals surface area contributed by atoms with Crippen molar-refractivity contribution >= 4 is 5.78 Å². The normalized spacial score (nSPS) is 38.0. The third-order valence-corrected chi connectivity index (χ3v) is 4.41. The molecule has 0 aromatic heterocycles. The maximum absolute atomic E-state index is 11.4. The minimum atomic E-state index is -0.577. The first-order valence-electron chi connectivity index (χ1n) is 6.50. The Balaban J connectivity index is 1.85. The minimum absolute atomic E-state index is 0.231. The first kappa shape index (κ1) is 12.1. The maximum atomic E-state index is 11.4. The molecule has 3 atom stereocenters. The third kappa shape index (κ3) is 2.30. The summed E-state index contributed by atoms with van der Waals surface area (Å²) in [6.45, 7) is 0.239. The third-order valence-electron chi connectivity index (χ3n) is 4.41. The molecule has 0 bridgehead atoms. The van der Waals surface area contributed by atoms with Gasteiger partial charge in [0.25, 0.3) is 0 Å². The van der Waals surface area contributed by atoms with Gasteiger partial charge in [-0.1, -0.05) is 12.8 Å². The number of hydrogen-bond acceptors (Lipinski definition) is 3. The van der Waals surface area contributed by atoms with Gasteiger partial charge in [0, 0.05) is 19.4 Å². The highest BCUT2D eigenvalue weighted by molar-refractivity contribution is 5.81. The van der Waals surface area contributed by atoms with Crippen LogP contribution in [0.25, 0.3) is 0 Å². The molecule has 0 heterocycles. The fourth-order valence-electron chi connectivity index (χ4n) is 3.51. The second-order valence-electron chi connectivity index (χ2n) is 5.49. The van der Waals surface area contributed by atoms with Gasteiger partial charge in [0.05, 0.1) is 5.60 Å². The molecule has 3 unspecified atom stereocenters. The fourth-order valence-corrected chi connectivity index (χ4v) is 3.51. The molecule has 2 fully saturated rings. The monoisotopic (exact) mass is 226 g/mol. The molecule has 0 radical (unpaired) electrons. The van der Waals surface area contributed by atoms with E-state index in [0.717, 1.165) is 38.5 Å². The van der Waals surface area contributed by atoms with Crippen LogP contribution in [-0.4, -0.2) is 28.2 Å². The predicted molar refractivity (Wildman–Crippen MR) is 61.0 cm³/mol. The number of Topliss-reactive ketones (excluding diaryl/α,β-unsaturated/α-hetero) is 1. The van der Waals surface area contributed by atoms with Crippen molar-refractivity contribution in [2.45, 2.75) is 57.0 Å². The Kier molecular flexibility index (Phi) is 3.65. The van der Waals surface area contributed by atoms with Crippen molar-refractivity contribution in [1.82, 2.24) is 0 Å². The van der Waals surface area contributed by atoms with E-state index < -0.39 is 5.60 Å². The van der Waals surface area contributed by atoms with E-state index in [2.05, 4.69) is 0 Å². The van der Waals surface area contributed by atoms with E-state index in [9.17, 15) is 9.90 Å². The van der Waals surface area contributed by atoms with Gasteiger partial charge in [-0.25, -0.2) is 0 Å². The topological polar surface area (TPSA) is 57.5 Å². The van der Waals surface area contributed by atoms with Gasteiger partial charge >= 0.3 is 0 Å². The minimum Gasteiger partial charge on any atom is -0.396 e. The summed E-state index contributed by atoms with van der Waals surface area (Å²) in [6.07, 6.45) is 6.76. The van der Waals surface area contributed by atoms with Crippen LogP contribution in [0.15, 0.2) is 0 Å². The molecule has 2 rings (SSSR count). The zero-order chi connectivity index (χ0) is 11.6. The Morgan fingerprint density at radius 3 is 2.81 bits per heavy atom. The fraction of sp³-hybridized carbons (Fsp3) is 0.923. The number of fused-ring (bicyclic) bond motifs is 1. The molecular weight excluding hydrogens is 204 g/mol. The zero-order valence-electron chi connectivity index (χ0n) is 9.82. The van der Waals surface area contributed by atoms with Crippen LogP contribution < -0.4 is 0 Å². The smallest absolute Gasteiger partial charge is 0.133 e. The first-order chi connectivity index (χ1) is 7.65. The molecule has 0 aromatic carbocycles. The van der Waals surface area contributed by atoms with E-state index in [4.69, 9.17) is 5.11 Å². The van der Waals surface area contributed by atoms with Crippen LogP contribution in [0, 0.1) is 11.8 Å². The second-order valence-corrected chi connectivity index (χ2v) is 5.49. The summed E-state index contributed by atoms with van der Waals surface area (Å²) in [7, 11) is 0. The summed E-state index contributed by atoms with van der Waals surface area (Å²) in [5.41, 5.74) is -0.577. The number of aliphatic hydroxyl groups is 2. The van der Waals surface area contributed by atoms with Gasteiger partial charge in [-0.15, -0.1) is 0 Å².